The molecule has 0 saturated heterocycles. The fourth-order valence-electron chi connectivity index (χ4n) is 5.73. The van der Waals surface area contributed by atoms with Gasteiger partial charge in [-0.15, -0.1) is 10.2 Å². The summed E-state index contributed by atoms with van der Waals surface area (Å²) in [6.07, 6.45) is 7.49. The molecule has 0 spiro atoms. The standard InChI is InChI=1S/C19H19F2N3OS/c20-13-2-1-3-14(21)15(13)16(25)22-18-24-23-17(26-18)19-7-10-4-11(8-19)6-12(5-10)9-19/h1-3,10-12H,4-9H2,(H,22,24,25). The lowest BCUT2D eigenvalue weighted by atomic mass is 9.50. The highest BCUT2D eigenvalue weighted by Gasteiger charge is 2.53. The van der Waals surface area contributed by atoms with Crippen LogP contribution in [0.1, 0.15) is 53.9 Å². The molecule has 7 heteroatoms. The van der Waals surface area contributed by atoms with Gasteiger partial charge in [-0.1, -0.05) is 17.4 Å². The molecule has 2 aromatic rings. The summed E-state index contributed by atoms with van der Waals surface area (Å²) in [6.45, 7) is 0. The molecular formula is C19H19F2N3OS. The van der Waals surface area contributed by atoms with Gasteiger partial charge in [-0.2, -0.15) is 0 Å². The van der Waals surface area contributed by atoms with Crippen molar-refractivity contribution in [2.75, 3.05) is 5.32 Å². The van der Waals surface area contributed by atoms with E-state index in [1.165, 1.54) is 36.7 Å². The number of halogens is 2. The molecule has 4 aliphatic rings. The summed E-state index contributed by atoms with van der Waals surface area (Å²) < 4.78 is 27.6. The van der Waals surface area contributed by atoms with E-state index in [9.17, 15) is 13.6 Å². The van der Waals surface area contributed by atoms with Gasteiger partial charge in [-0.25, -0.2) is 8.78 Å². The van der Waals surface area contributed by atoms with Crippen molar-refractivity contribution in [2.24, 2.45) is 17.8 Å². The van der Waals surface area contributed by atoms with Crippen molar-refractivity contribution in [3.05, 3.63) is 40.4 Å². The van der Waals surface area contributed by atoms with Crippen molar-refractivity contribution in [3.8, 4) is 0 Å². The molecule has 0 radical (unpaired) electrons. The van der Waals surface area contributed by atoms with Crippen LogP contribution in [-0.2, 0) is 5.41 Å². The van der Waals surface area contributed by atoms with Gasteiger partial charge in [0.1, 0.15) is 22.2 Å². The lowest BCUT2D eigenvalue weighted by molar-refractivity contribution is -0.00555. The second-order valence-corrected chi connectivity index (χ2v) is 9.14. The molecule has 4 nitrogen and oxygen atoms in total. The minimum absolute atomic E-state index is 0.0959. The van der Waals surface area contributed by atoms with Gasteiger partial charge in [-0.3, -0.25) is 10.1 Å². The molecule has 4 bridgehead atoms. The van der Waals surface area contributed by atoms with Crippen LogP contribution in [0.3, 0.4) is 0 Å². The van der Waals surface area contributed by atoms with Crippen LogP contribution in [0.15, 0.2) is 18.2 Å². The molecule has 1 heterocycles. The van der Waals surface area contributed by atoms with Gasteiger partial charge in [0.15, 0.2) is 0 Å². The first-order valence-corrected chi connectivity index (χ1v) is 9.93. The van der Waals surface area contributed by atoms with E-state index in [2.05, 4.69) is 15.5 Å². The molecule has 4 aliphatic carbocycles. The summed E-state index contributed by atoms with van der Waals surface area (Å²) in [6, 6.07) is 3.37. The molecule has 0 atom stereocenters. The molecule has 4 saturated carbocycles. The number of nitrogens with zero attached hydrogens (tertiary/aromatic N) is 2. The maximum Gasteiger partial charge on any atom is 0.263 e. The quantitative estimate of drug-likeness (QED) is 0.857. The van der Waals surface area contributed by atoms with Gasteiger partial charge in [0.2, 0.25) is 5.13 Å². The number of rotatable bonds is 3. The number of carbonyl (C=O) groups excluding carboxylic acids is 1. The minimum Gasteiger partial charge on any atom is -0.296 e. The van der Waals surface area contributed by atoms with E-state index in [1.807, 2.05) is 0 Å². The van der Waals surface area contributed by atoms with Gasteiger partial charge >= 0.3 is 0 Å². The lowest BCUT2D eigenvalue weighted by Crippen LogP contribution is -2.48. The van der Waals surface area contributed by atoms with Gasteiger partial charge in [0.05, 0.1) is 0 Å². The summed E-state index contributed by atoms with van der Waals surface area (Å²) >= 11 is 1.36. The average Bonchev–Trinajstić information content (AvgIpc) is 3.02. The van der Waals surface area contributed by atoms with Crippen molar-refractivity contribution >= 4 is 22.4 Å². The minimum atomic E-state index is -0.881. The lowest BCUT2D eigenvalue weighted by Gasteiger charge is -2.55. The maximum atomic E-state index is 13.8. The van der Waals surface area contributed by atoms with Crippen LogP contribution in [-0.4, -0.2) is 16.1 Å². The van der Waals surface area contributed by atoms with Crippen molar-refractivity contribution in [3.63, 3.8) is 0 Å². The zero-order chi connectivity index (χ0) is 17.9. The third-order valence-corrected chi connectivity index (χ3v) is 7.41. The molecule has 136 valence electrons. The molecule has 1 N–H and O–H groups in total. The predicted molar refractivity (Wildman–Crippen MR) is 94.1 cm³/mol. The van der Waals surface area contributed by atoms with E-state index in [0.29, 0.717) is 5.13 Å². The third kappa shape index (κ3) is 2.55. The Bertz CT molecular complexity index is 826. The SMILES string of the molecule is O=C(Nc1nnc(C23CC4CC(CC(C4)C2)C3)s1)c1c(F)cccc1F. The van der Waals surface area contributed by atoms with Crippen molar-refractivity contribution in [2.45, 2.75) is 43.9 Å². The highest BCUT2D eigenvalue weighted by atomic mass is 32.1. The number of benzene rings is 1. The van der Waals surface area contributed by atoms with Crippen LogP contribution in [0.25, 0.3) is 0 Å². The number of amides is 1. The third-order valence-electron chi connectivity index (χ3n) is 6.33. The average molecular weight is 375 g/mol. The topological polar surface area (TPSA) is 54.9 Å². The van der Waals surface area contributed by atoms with E-state index in [-0.39, 0.29) is 5.41 Å². The molecule has 1 aromatic heterocycles. The van der Waals surface area contributed by atoms with Crippen LogP contribution in [0.5, 0.6) is 0 Å². The fourth-order valence-corrected chi connectivity index (χ4v) is 6.69. The first-order chi connectivity index (χ1) is 12.5. The van der Waals surface area contributed by atoms with Crippen molar-refractivity contribution in [1.82, 2.24) is 10.2 Å². The number of hydrogen-bond donors (Lipinski definition) is 1. The Morgan fingerprint density at radius 1 is 1.04 bits per heavy atom. The first kappa shape index (κ1) is 16.3. The molecule has 0 aliphatic heterocycles. The summed E-state index contributed by atoms with van der Waals surface area (Å²) in [5.74, 6) is -0.224. The number of hydrogen-bond acceptors (Lipinski definition) is 4. The maximum absolute atomic E-state index is 13.8. The largest absolute Gasteiger partial charge is 0.296 e. The number of aromatic nitrogens is 2. The van der Waals surface area contributed by atoms with Crippen LogP contribution < -0.4 is 5.32 Å². The second kappa shape index (κ2) is 5.81. The van der Waals surface area contributed by atoms with Gasteiger partial charge in [0.25, 0.3) is 5.91 Å². The Morgan fingerprint density at radius 3 is 2.19 bits per heavy atom. The van der Waals surface area contributed by atoms with Crippen molar-refractivity contribution < 1.29 is 13.6 Å². The summed E-state index contributed by atoms with van der Waals surface area (Å²) in [5.41, 5.74) is -0.488. The predicted octanol–water partition coefficient (Wildman–Crippen LogP) is 4.54. The molecule has 1 aromatic carbocycles. The molecule has 0 unspecified atom stereocenters. The Kier molecular flexibility index (Phi) is 3.64. The first-order valence-electron chi connectivity index (χ1n) is 9.12. The molecule has 4 fully saturated rings. The number of nitrogens with one attached hydrogen (secondary N) is 1. The van der Waals surface area contributed by atoms with Gasteiger partial charge < -0.3 is 0 Å². The van der Waals surface area contributed by atoms with E-state index < -0.39 is 23.1 Å². The van der Waals surface area contributed by atoms with Gasteiger partial charge in [0, 0.05) is 5.41 Å². The molecule has 1 amide bonds. The highest BCUT2D eigenvalue weighted by molar-refractivity contribution is 7.15. The molecule has 26 heavy (non-hydrogen) atoms. The second-order valence-electron chi connectivity index (χ2n) is 8.16. The summed E-state index contributed by atoms with van der Waals surface area (Å²) in [5, 5.41) is 12.3. The Labute approximate surface area is 154 Å². The van der Waals surface area contributed by atoms with E-state index in [4.69, 9.17) is 0 Å². The summed E-state index contributed by atoms with van der Waals surface area (Å²) in [7, 11) is 0. The zero-order valence-electron chi connectivity index (χ0n) is 14.2. The Morgan fingerprint density at radius 2 is 1.62 bits per heavy atom. The monoisotopic (exact) mass is 375 g/mol. The zero-order valence-corrected chi connectivity index (χ0v) is 15.0. The normalized spacial score (nSPS) is 32.0. The summed E-state index contributed by atoms with van der Waals surface area (Å²) in [4.78, 5) is 12.3. The van der Waals surface area contributed by atoms with Gasteiger partial charge in [-0.05, 0) is 68.4 Å². The Balaban J connectivity index is 1.39. The Hall–Kier alpha value is -1.89. The van der Waals surface area contributed by atoms with Crippen molar-refractivity contribution in [1.29, 1.82) is 0 Å². The van der Waals surface area contributed by atoms with Crippen LogP contribution >= 0.6 is 11.3 Å². The smallest absolute Gasteiger partial charge is 0.263 e. The number of anilines is 1. The number of carbonyl (C=O) groups is 1. The van der Waals surface area contributed by atoms with E-state index >= 15 is 0 Å². The highest BCUT2D eigenvalue weighted by Crippen LogP contribution is 2.61. The molecule has 6 rings (SSSR count). The van der Waals surface area contributed by atoms with Crippen LogP contribution in [0, 0.1) is 29.4 Å². The van der Waals surface area contributed by atoms with E-state index in [0.717, 1.165) is 54.2 Å². The van der Waals surface area contributed by atoms with Crippen LogP contribution in [0.2, 0.25) is 0 Å². The molecular weight excluding hydrogens is 356 g/mol. The van der Waals surface area contributed by atoms with Crippen LogP contribution in [0.4, 0.5) is 13.9 Å². The van der Waals surface area contributed by atoms with E-state index in [1.54, 1.807) is 0 Å². The fraction of sp³-hybridized carbons (Fsp3) is 0.526.